The predicted octanol–water partition coefficient (Wildman–Crippen LogP) is 2.07. The fraction of sp³-hybridized carbons (Fsp3) is 0.556. The van der Waals surface area contributed by atoms with Crippen molar-refractivity contribution in [2.24, 2.45) is 0 Å². The number of ether oxygens (including phenoxy) is 3. The van der Waals surface area contributed by atoms with Gasteiger partial charge in [-0.05, 0) is 39.5 Å². The quantitative estimate of drug-likeness (QED) is 0.670. The average molecular weight is 347 g/mol. The lowest BCUT2D eigenvalue weighted by Gasteiger charge is -2.21. The number of methoxy groups -OCH3 is 3. The van der Waals surface area contributed by atoms with Crippen LogP contribution in [0.2, 0.25) is 0 Å². The van der Waals surface area contributed by atoms with Crippen LogP contribution in [0.5, 0.6) is 17.2 Å². The van der Waals surface area contributed by atoms with Crippen molar-refractivity contribution in [1.82, 2.24) is 9.80 Å². The molecule has 136 valence electrons. The molecule has 1 unspecified atom stereocenters. The number of rotatable bonds is 8. The standard InChI is InChI=1S/C18H25N3O4/c1-20(2)8-6-7-9-21-13(11-19)15-12(18(21)22)10-14(23-3)16(24-4)17(15)25-5/h10,13H,6-9H2,1-5H3. The maximum absolute atomic E-state index is 12.8. The minimum atomic E-state index is -0.684. The highest BCUT2D eigenvalue weighted by atomic mass is 16.5. The van der Waals surface area contributed by atoms with Crippen LogP contribution in [0, 0.1) is 11.3 Å². The molecule has 0 fully saturated rings. The van der Waals surface area contributed by atoms with Crippen LogP contribution >= 0.6 is 0 Å². The van der Waals surface area contributed by atoms with Gasteiger partial charge in [0.2, 0.25) is 5.75 Å². The number of amides is 1. The number of carbonyl (C=O) groups excluding carboxylic acids is 1. The molecule has 0 aromatic heterocycles. The summed E-state index contributed by atoms with van der Waals surface area (Å²) in [7, 11) is 8.53. The Kier molecular flexibility index (Phi) is 6.10. The van der Waals surface area contributed by atoms with Gasteiger partial charge < -0.3 is 24.0 Å². The minimum Gasteiger partial charge on any atom is -0.493 e. The second-order valence-corrected chi connectivity index (χ2v) is 6.15. The lowest BCUT2D eigenvalue weighted by molar-refractivity contribution is 0.0753. The van der Waals surface area contributed by atoms with Gasteiger partial charge in [-0.2, -0.15) is 5.26 Å². The maximum atomic E-state index is 12.8. The normalized spacial score (nSPS) is 16.0. The molecule has 0 bridgehead atoms. The molecule has 1 aliphatic heterocycles. The second kappa shape index (κ2) is 8.08. The Morgan fingerprint density at radius 3 is 2.36 bits per heavy atom. The van der Waals surface area contributed by atoms with Gasteiger partial charge in [-0.15, -0.1) is 0 Å². The molecule has 0 N–H and O–H groups in total. The summed E-state index contributed by atoms with van der Waals surface area (Å²) < 4.78 is 16.2. The first kappa shape index (κ1) is 18.9. The topological polar surface area (TPSA) is 75.0 Å². The van der Waals surface area contributed by atoms with Crippen molar-refractivity contribution in [3.8, 4) is 23.3 Å². The van der Waals surface area contributed by atoms with Gasteiger partial charge in [-0.3, -0.25) is 4.79 Å². The van der Waals surface area contributed by atoms with Gasteiger partial charge in [0.15, 0.2) is 11.5 Å². The number of benzene rings is 1. The number of fused-ring (bicyclic) bond motifs is 1. The van der Waals surface area contributed by atoms with Gasteiger partial charge in [0.05, 0.1) is 33.0 Å². The molecule has 0 saturated heterocycles. The molecule has 0 aliphatic carbocycles. The first-order chi connectivity index (χ1) is 12.0. The van der Waals surface area contributed by atoms with E-state index in [2.05, 4.69) is 11.0 Å². The number of hydrogen-bond donors (Lipinski definition) is 0. The van der Waals surface area contributed by atoms with Gasteiger partial charge in [0, 0.05) is 12.1 Å². The molecule has 25 heavy (non-hydrogen) atoms. The summed E-state index contributed by atoms with van der Waals surface area (Å²) in [5.74, 6) is 1.02. The largest absolute Gasteiger partial charge is 0.493 e. The lowest BCUT2D eigenvalue weighted by atomic mass is 10.0. The highest BCUT2D eigenvalue weighted by Gasteiger charge is 2.41. The Balaban J connectivity index is 2.37. The summed E-state index contributed by atoms with van der Waals surface area (Å²) in [5.41, 5.74) is 0.994. The Morgan fingerprint density at radius 2 is 1.84 bits per heavy atom. The van der Waals surface area contributed by atoms with Crippen molar-refractivity contribution in [2.45, 2.75) is 18.9 Å². The summed E-state index contributed by atoms with van der Waals surface area (Å²) in [6, 6.07) is 3.18. The zero-order valence-corrected chi connectivity index (χ0v) is 15.5. The zero-order valence-electron chi connectivity index (χ0n) is 15.5. The molecule has 0 saturated carbocycles. The van der Waals surface area contributed by atoms with E-state index in [4.69, 9.17) is 14.2 Å². The molecule has 7 heteroatoms. The Hall–Kier alpha value is -2.46. The van der Waals surface area contributed by atoms with E-state index in [-0.39, 0.29) is 5.91 Å². The van der Waals surface area contributed by atoms with E-state index < -0.39 is 6.04 Å². The molecule has 1 heterocycles. The molecule has 7 nitrogen and oxygen atoms in total. The summed E-state index contributed by atoms with van der Waals surface area (Å²) in [5, 5.41) is 9.68. The van der Waals surface area contributed by atoms with Gasteiger partial charge in [-0.25, -0.2) is 0 Å². The van der Waals surface area contributed by atoms with Crippen molar-refractivity contribution < 1.29 is 19.0 Å². The highest BCUT2D eigenvalue weighted by molar-refractivity contribution is 6.01. The summed E-state index contributed by atoms with van der Waals surface area (Å²) in [6.45, 7) is 1.46. The highest BCUT2D eigenvalue weighted by Crippen LogP contribution is 2.49. The van der Waals surface area contributed by atoms with E-state index >= 15 is 0 Å². The third kappa shape index (κ3) is 3.49. The second-order valence-electron chi connectivity index (χ2n) is 6.15. The Labute approximate surface area is 148 Å². The molecular formula is C18H25N3O4. The fourth-order valence-corrected chi connectivity index (χ4v) is 3.13. The third-order valence-corrected chi connectivity index (χ3v) is 4.32. The van der Waals surface area contributed by atoms with Crippen molar-refractivity contribution in [3.05, 3.63) is 17.2 Å². The number of nitrogens with zero attached hydrogens (tertiary/aromatic N) is 3. The van der Waals surface area contributed by atoms with E-state index in [1.807, 2.05) is 14.1 Å². The van der Waals surface area contributed by atoms with E-state index in [0.29, 0.717) is 34.9 Å². The molecule has 2 rings (SSSR count). The van der Waals surface area contributed by atoms with Crippen LogP contribution in [0.4, 0.5) is 0 Å². The van der Waals surface area contributed by atoms with E-state index in [1.165, 1.54) is 21.3 Å². The Bertz CT molecular complexity index is 682. The number of carbonyl (C=O) groups is 1. The summed E-state index contributed by atoms with van der Waals surface area (Å²) in [4.78, 5) is 16.5. The molecule has 1 aromatic carbocycles. The van der Waals surface area contributed by atoms with Gasteiger partial charge >= 0.3 is 0 Å². The summed E-state index contributed by atoms with van der Waals surface area (Å²) >= 11 is 0. The first-order valence-electron chi connectivity index (χ1n) is 8.18. The molecule has 1 aliphatic rings. The SMILES string of the molecule is COc1cc2c(c(OC)c1OC)C(C#N)N(CCCCN(C)C)C2=O. The average Bonchev–Trinajstić information content (AvgIpc) is 2.88. The van der Waals surface area contributed by atoms with Crippen LogP contribution in [0.25, 0.3) is 0 Å². The van der Waals surface area contributed by atoms with E-state index in [0.717, 1.165) is 19.4 Å². The van der Waals surface area contributed by atoms with E-state index in [1.54, 1.807) is 11.0 Å². The third-order valence-electron chi connectivity index (χ3n) is 4.32. The van der Waals surface area contributed by atoms with Crippen molar-refractivity contribution in [2.75, 3.05) is 48.5 Å². The van der Waals surface area contributed by atoms with Crippen LogP contribution in [0.1, 0.15) is 34.8 Å². The number of nitriles is 1. The molecule has 1 aromatic rings. The smallest absolute Gasteiger partial charge is 0.255 e. The monoisotopic (exact) mass is 347 g/mol. The zero-order chi connectivity index (χ0) is 18.6. The maximum Gasteiger partial charge on any atom is 0.255 e. The summed E-state index contributed by atoms with van der Waals surface area (Å²) in [6.07, 6.45) is 1.78. The molecule has 0 spiro atoms. The lowest BCUT2D eigenvalue weighted by Crippen LogP contribution is -2.29. The first-order valence-corrected chi connectivity index (χ1v) is 8.18. The van der Waals surface area contributed by atoms with Crippen molar-refractivity contribution >= 4 is 5.91 Å². The Morgan fingerprint density at radius 1 is 1.16 bits per heavy atom. The molecule has 1 atom stereocenters. The minimum absolute atomic E-state index is 0.175. The van der Waals surface area contributed by atoms with Crippen molar-refractivity contribution in [3.63, 3.8) is 0 Å². The van der Waals surface area contributed by atoms with Gasteiger partial charge in [0.25, 0.3) is 5.91 Å². The predicted molar refractivity (Wildman–Crippen MR) is 93.3 cm³/mol. The van der Waals surface area contributed by atoms with Crippen LogP contribution in [-0.4, -0.2) is 64.2 Å². The number of hydrogen-bond acceptors (Lipinski definition) is 6. The van der Waals surface area contributed by atoms with E-state index in [9.17, 15) is 10.1 Å². The van der Waals surface area contributed by atoms with Crippen LogP contribution in [0.3, 0.4) is 0 Å². The van der Waals surface area contributed by atoms with Crippen molar-refractivity contribution in [1.29, 1.82) is 5.26 Å². The fourth-order valence-electron chi connectivity index (χ4n) is 3.13. The number of unbranched alkanes of at least 4 members (excludes halogenated alkanes) is 1. The molecule has 1 amide bonds. The van der Waals surface area contributed by atoms with Crippen LogP contribution < -0.4 is 14.2 Å². The molecular weight excluding hydrogens is 322 g/mol. The van der Waals surface area contributed by atoms with Gasteiger partial charge in [-0.1, -0.05) is 0 Å². The van der Waals surface area contributed by atoms with Gasteiger partial charge in [0.1, 0.15) is 6.04 Å². The van der Waals surface area contributed by atoms with Crippen LogP contribution in [-0.2, 0) is 0 Å². The molecule has 0 radical (unpaired) electrons. The van der Waals surface area contributed by atoms with Crippen LogP contribution in [0.15, 0.2) is 6.07 Å².